The van der Waals surface area contributed by atoms with Crippen molar-refractivity contribution >= 4 is 10.0 Å². The van der Waals surface area contributed by atoms with Gasteiger partial charge in [-0.3, -0.25) is 0 Å². The summed E-state index contributed by atoms with van der Waals surface area (Å²) >= 11 is 0. The molecule has 2 atom stereocenters. The molecule has 1 saturated carbocycles. The smallest absolute Gasteiger partial charge is 0.246 e. The van der Waals surface area contributed by atoms with Crippen LogP contribution in [0.2, 0.25) is 0 Å². The highest BCUT2D eigenvalue weighted by atomic mass is 32.2. The molecule has 2 aliphatic rings. The number of aliphatic hydroxyl groups excluding tert-OH is 1. The van der Waals surface area contributed by atoms with E-state index in [1.54, 1.807) is 0 Å². The zero-order chi connectivity index (χ0) is 15.0. The molecule has 1 saturated heterocycles. The van der Waals surface area contributed by atoms with Crippen molar-refractivity contribution in [2.45, 2.75) is 49.6 Å². The first-order valence-electron chi connectivity index (χ1n) is 7.45. The Morgan fingerprint density at radius 1 is 1.24 bits per heavy atom. The van der Waals surface area contributed by atoms with E-state index in [4.69, 9.17) is 5.11 Å². The lowest BCUT2D eigenvalue weighted by Gasteiger charge is -2.36. The fourth-order valence-electron chi connectivity index (χ4n) is 3.68. The maximum atomic E-state index is 14.1. The number of rotatable bonds is 3. The van der Waals surface area contributed by atoms with Gasteiger partial charge in [-0.1, -0.05) is 12.5 Å². The monoisotopic (exact) mass is 313 g/mol. The Balaban J connectivity index is 1.96. The molecular formula is C15H20FNO3S. The summed E-state index contributed by atoms with van der Waals surface area (Å²) in [6, 6.07) is 3.87. The van der Waals surface area contributed by atoms with E-state index in [2.05, 4.69) is 0 Å². The first kappa shape index (κ1) is 14.9. The summed E-state index contributed by atoms with van der Waals surface area (Å²) in [6.07, 6.45) is 4.91. The quantitative estimate of drug-likeness (QED) is 0.931. The summed E-state index contributed by atoms with van der Waals surface area (Å²) in [4.78, 5) is -0.271. The molecule has 6 heteroatoms. The Labute approximate surface area is 124 Å². The first-order chi connectivity index (χ1) is 10.0. The van der Waals surface area contributed by atoms with E-state index in [1.165, 1.54) is 16.4 Å². The number of hydrogen-bond donors (Lipinski definition) is 1. The second-order valence-corrected chi connectivity index (χ2v) is 7.80. The Morgan fingerprint density at radius 2 is 2.00 bits per heavy atom. The lowest BCUT2D eigenvalue weighted by molar-refractivity contribution is 0.201. The molecule has 2 fully saturated rings. The van der Waals surface area contributed by atoms with Gasteiger partial charge in [0.25, 0.3) is 0 Å². The molecule has 1 aliphatic carbocycles. The molecule has 1 heterocycles. The van der Waals surface area contributed by atoms with Gasteiger partial charge in [0.1, 0.15) is 10.7 Å². The van der Waals surface area contributed by atoms with Crippen LogP contribution in [0.1, 0.15) is 37.7 Å². The fourth-order valence-corrected chi connectivity index (χ4v) is 5.49. The maximum absolute atomic E-state index is 14.1. The van der Waals surface area contributed by atoms with Crippen molar-refractivity contribution < 1.29 is 17.9 Å². The van der Waals surface area contributed by atoms with Gasteiger partial charge in [0, 0.05) is 12.6 Å². The van der Waals surface area contributed by atoms with Crippen LogP contribution in [0.5, 0.6) is 0 Å². The van der Waals surface area contributed by atoms with Crippen LogP contribution in [-0.2, 0) is 16.6 Å². The fraction of sp³-hybridized carbons (Fsp3) is 0.600. The minimum atomic E-state index is -3.80. The molecule has 3 rings (SSSR count). The third kappa shape index (κ3) is 2.60. The first-order valence-corrected chi connectivity index (χ1v) is 8.89. The molecule has 116 valence electrons. The highest BCUT2D eigenvalue weighted by molar-refractivity contribution is 7.89. The van der Waals surface area contributed by atoms with Gasteiger partial charge in [0.2, 0.25) is 10.0 Å². The van der Waals surface area contributed by atoms with E-state index < -0.39 is 15.8 Å². The molecule has 4 nitrogen and oxygen atoms in total. The van der Waals surface area contributed by atoms with Gasteiger partial charge >= 0.3 is 0 Å². The summed E-state index contributed by atoms with van der Waals surface area (Å²) in [7, 11) is -3.80. The Kier molecular flexibility index (Phi) is 4.03. The van der Waals surface area contributed by atoms with Crippen LogP contribution in [0.25, 0.3) is 0 Å². The number of fused-ring (bicyclic) bond motifs is 1. The van der Waals surface area contributed by atoms with E-state index in [0.717, 1.165) is 38.2 Å². The molecule has 1 aromatic carbocycles. The van der Waals surface area contributed by atoms with Crippen LogP contribution in [0, 0.1) is 11.7 Å². The number of halogens is 1. The number of sulfonamides is 1. The van der Waals surface area contributed by atoms with Gasteiger partial charge in [-0.05, 0) is 49.3 Å². The molecule has 0 bridgehead atoms. The Bertz CT molecular complexity index is 632. The predicted molar refractivity (Wildman–Crippen MR) is 76.6 cm³/mol. The Hall–Kier alpha value is -0.980. The van der Waals surface area contributed by atoms with Crippen molar-refractivity contribution in [3.63, 3.8) is 0 Å². The maximum Gasteiger partial charge on any atom is 0.246 e. The lowest BCUT2D eigenvalue weighted by atomic mass is 9.94. The minimum absolute atomic E-state index is 0.0284. The zero-order valence-electron chi connectivity index (χ0n) is 11.8. The molecule has 21 heavy (non-hydrogen) atoms. The SMILES string of the molecule is O=S(=O)(c1ccc(CO)cc1F)N1CCCC2CCCC21. The van der Waals surface area contributed by atoms with Crippen molar-refractivity contribution in [2.75, 3.05) is 6.54 Å². The van der Waals surface area contributed by atoms with Gasteiger partial charge in [-0.15, -0.1) is 0 Å². The van der Waals surface area contributed by atoms with E-state index in [0.29, 0.717) is 18.0 Å². The van der Waals surface area contributed by atoms with E-state index in [1.807, 2.05) is 0 Å². The van der Waals surface area contributed by atoms with Crippen LogP contribution in [-0.4, -0.2) is 30.4 Å². The van der Waals surface area contributed by atoms with E-state index >= 15 is 0 Å². The van der Waals surface area contributed by atoms with Gasteiger partial charge < -0.3 is 5.11 Å². The second-order valence-electron chi connectivity index (χ2n) is 5.94. The summed E-state index contributed by atoms with van der Waals surface area (Å²) in [5.74, 6) is -0.352. The average Bonchev–Trinajstić information content (AvgIpc) is 2.94. The number of hydrogen-bond acceptors (Lipinski definition) is 3. The van der Waals surface area contributed by atoms with E-state index in [-0.39, 0.29) is 17.5 Å². The molecule has 1 N–H and O–H groups in total. The largest absolute Gasteiger partial charge is 0.392 e. The van der Waals surface area contributed by atoms with Gasteiger partial charge in [0.15, 0.2) is 0 Å². The molecule has 1 aromatic rings. The van der Waals surface area contributed by atoms with Crippen molar-refractivity contribution in [1.29, 1.82) is 0 Å². The molecule has 0 amide bonds. The number of nitrogens with zero attached hydrogens (tertiary/aromatic N) is 1. The van der Waals surface area contributed by atoms with Crippen LogP contribution < -0.4 is 0 Å². The Morgan fingerprint density at radius 3 is 2.71 bits per heavy atom. The normalized spacial score (nSPS) is 26.8. The summed E-state index contributed by atoms with van der Waals surface area (Å²) < 4.78 is 41.2. The molecule has 2 unspecified atom stereocenters. The van der Waals surface area contributed by atoms with Gasteiger partial charge in [-0.25, -0.2) is 12.8 Å². The number of aliphatic hydroxyl groups is 1. The standard InChI is InChI=1S/C15H20FNO3S/c16-13-9-11(10-18)6-7-15(13)21(19,20)17-8-2-4-12-3-1-5-14(12)17/h6-7,9,12,14,18H,1-5,8,10H2. The summed E-state index contributed by atoms with van der Waals surface area (Å²) in [5.41, 5.74) is 0.379. The van der Waals surface area contributed by atoms with Crippen molar-refractivity contribution in [2.24, 2.45) is 5.92 Å². The van der Waals surface area contributed by atoms with Crippen molar-refractivity contribution in [3.8, 4) is 0 Å². The number of piperidine rings is 1. The third-order valence-corrected chi connectivity index (χ3v) is 6.67. The topological polar surface area (TPSA) is 57.6 Å². The minimum Gasteiger partial charge on any atom is -0.392 e. The number of benzene rings is 1. The second kappa shape index (κ2) is 5.66. The van der Waals surface area contributed by atoms with Crippen molar-refractivity contribution in [1.82, 2.24) is 4.31 Å². The van der Waals surface area contributed by atoms with Gasteiger partial charge in [-0.2, -0.15) is 4.31 Å². The zero-order valence-corrected chi connectivity index (χ0v) is 12.7. The third-order valence-electron chi connectivity index (χ3n) is 4.71. The predicted octanol–water partition coefficient (Wildman–Crippen LogP) is 2.27. The highest BCUT2D eigenvalue weighted by Gasteiger charge is 2.41. The molecular weight excluding hydrogens is 293 g/mol. The van der Waals surface area contributed by atoms with Crippen LogP contribution >= 0.6 is 0 Å². The van der Waals surface area contributed by atoms with Crippen LogP contribution in [0.3, 0.4) is 0 Å². The highest BCUT2D eigenvalue weighted by Crippen LogP contribution is 2.39. The molecule has 0 spiro atoms. The molecule has 0 aromatic heterocycles. The lowest BCUT2D eigenvalue weighted by Crippen LogP contribution is -2.46. The van der Waals surface area contributed by atoms with Crippen molar-refractivity contribution in [3.05, 3.63) is 29.6 Å². The van der Waals surface area contributed by atoms with Gasteiger partial charge in [0.05, 0.1) is 6.61 Å². The molecule has 0 radical (unpaired) electrons. The molecule has 1 aliphatic heterocycles. The average molecular weight is 313 g/mol. The van der Waals surface area contributed by atoms with Crippen LogP contribution in [0.15, 0.2) is 23.1 Å². The summed E-state index contributed by atoms with van der Waals surface area (Å²) in [5, 5.41) is 9.00. The van der Waals surface area contributed by atoms with E-state index in [9.17, 15) is 12.8 Å². The van der Waals surface area contributed by atoms with Crippen LogP contribution in [0.4, 0.5) is 4.39 Å². The summed E-state index contributed by atoms with van der Waals surface area (Å²) in [6.45, 7) is 0.177.